The van der Waals surface area contributed by atoms with Crippen LogP contribution in [0.5, 0.6) is 11.5 Å². The van der Waals surface area contributed by atoms with E-state index >= 15 is 0 Å². The number of nitrogens with zero attached hydrogens (tertiary/aromatic N) is 1. The number of phenolic OH excluding ortho intramolecular Hbond substituents is 1. The molecule has 0 bridgehead atoms. The van der Waals surface area contributed by atoms with Gasteiger partial charge in [0.2, 0.25) is 0 Å². The van der Waals surface area contributed by atoms with Gasteiger partial charge < -0.3 is 14.3 Å². The van der Waals surface area contributed by atoms with Crippen molar-refractivity contribution in [2.45, 2.75) is 0 Å². The van der Waals surface area contributed by atoms with Gasteiger partial charge in [-0.2, -0.15) is 5.10 Å². The smallest absolute Gasteiger partial charge is 0.271 e. The number of hydrazone groups is 1. The van der Waals surface area contributed by atoms with Crippen molar-refractivity contribution in [3.8, 4) is 22.8 Å². The van der Waals surface area contributed by atoms with Gasteiger partial charge in [0.1, 0.15) is 11.5 Å². The van der Waals surface area contributed by atoms with E-state index in [0.717, 1.165) is 5.56 Å². The molecule has 7 heteroatoms. The summed E-state index contributed by atoms with van der Waals surface area (Å²) in [7, 11) is 1.41. The first-order valence-electron chi connectivity index (χ1n) is 7.63. The van der Waals surface area contributed by atoms with Crippen LogP contribution in [0.4, 0.5) is 0 Å². The van der Waals surface area contributed by atoms with Gasteiger partial charge in [0, 0.05) is 16.1 Å². The summed E-state index contributed by atoms with van der Waals surface area (Å²) in [4.78, 5) is 12.1. The zero-order valence-electron chi connectivity index (χ0n) is 13.8. The number of benzene rings is 2. The lowest BCUT2D eigenvalue weighted by molar-refractivity contribution is 0.0954. The third-order valence-electron chi connectivity index (χ3n) is 3.54. The molecule has 3 aromatic rings. The summed E-state index contributed by atoms with van der Waals surface area (Å²) in [5, 5.41) is 14.0. The topological polar surface area (TPSA) is 84.1 Å². The predicted octanol–water partition coefficient (Wildman–Crippen LogP) is 4.08. The van der Waals surface area contributed by atoms with Crippen LogP contribution in [-0.4, -0.2) is 24.3 Å². The SMILES string of the molecule is COc1cc(C(=O)NN=Cc2ccc(-c3cccc(Cl)c3)o2)ccc1O. The van der Waals surface area contributed by atoms with Crippen molar-refractivity contribution < 1.29 is 19.1 Å². The van der Waals surface area contributed by atoms with Crippen molar-refractivity contribution in [1.29, 1.82) is 0 Å². The van der Waals surface area contributed by atoms with E-state index in [-0.39, 0.29) is 11.5 Å². The Morgan fingerprint density at radius 3 is 2.85 bits per heavy atom. The molecule has 3 rings (SSSR count). The van der Waals surface area contributed by atoms with E-state index in [1.807, 2.05) is 12.1 Å². The number of carbonyl (C=O) groups is 1. The Bertz CT molecular complexity index is 966. The molecule has 0 unspecified atom stereocenters. The molecular formula is C19H15ClN2O4. The van der Waals surface area contributed by atoms with Crippen LogP contribution in [0.2, 0.25) is 5.02 Å². The normalized spacial score (nSPS) is 10.8. The van der Waals surface area contributed by atoms with Crippen molar-refractivity contribution in [2.24, 2.45) is 5.10 Å². The molecule has 26 heavy (non-hydrogen) atoms. The number of nitrogens with one attached hydrogen (secondary N) is 1. The molecule has 0 aliphatic carbocycles. The van der Waals surface area contributed by atoms with E-state index in [4.69, 9.17) is 20.8 Å². The second-order valence-electron chi connectivity index (χ2n) is 5.30. The van der Waals surface area contributed by atoms with Crippen LogP contribution in [0.1, 0.15) is 16.1 Å². The molecule has 0 aliphatic rings. The fourth-order valence-electron chi connectivity index (χ4n) is 2.26. The summed E-state index contributed by atoms with van der Waals surface area (Å²) in [6.07, 6.45) is 1.39. The Morgan fingerprint density at radius 1 is 1.23 bits per heavy atom. The van der Waals surface area contributed by atoms with Crippen LogP contribution in [0, 0.1) is 0 Å². The number of furan rings is 1. The Morgan fingerprint density at radius 2 is 2.08 bits per heavy atom. The third kappa shape index (κ3) is 4.04. The lowest BCUT2D eigenvalue weighted by Gasteiger charge is -2.05. The molecule has 0 radical (unpaired) electrons. The van der Waals surface area contributed by atoms with Crippen molar-refractivity contribution in [1.82, 2.24) is 5.43 Å². The van der Waals surface area contributed by atoms with Crippen molar-refractivity contribution in [3.63, 3.8) is 0 Å². The Labute approximate surface area is 154 Å². The van der Waals surface area contributed by atoms with E-state index in [1.165, 1.54) is 31.5 Å². The highest BCUT2D eigenvalue weighted by Gasteiger charge is 2.09. The molecule has 0 spiro atoms. The van der Waals surface area contributed by atoms with Crippen LogP contribution in [0.15, 0.2) is 64.1 Å². The number of amides is 1. The summed E-state index contributed by atoms with van der Waals surface area (Å²) >= 11 is 5.97. The maximum Gasteiger partial charge on any atom is 0.271 e. The van der Waals surface area contributed by atoms with E-state index in [1.54, 1.807) is 24.3 Å². The van der Waals surface area contributed by atoms with Gasteiger partial charge in [-0.3, -0.25) is 4.79 Å². The summed E-state index contributed by atoms with van der Waals surface area (Å²) in [6.45, 7) is 0. The summed E-state index contributed by atoms with van der Waals surface area (Å²) in [5.41, 5.74) is 3.54. The number of aromatic hydroxyl groups is 1. The molecule has 2 aromatic carbocycles. The minimum atomic E-state index is -0.443. The fourth-order valence-corrected chi connectivity index (χ4v) is 2.45. The van der Waals surface area contributed by atoms with Crippen molar-refractivity contribution in [2.75, 3.05) is 7.11 Å². The largest absolute Gasteiger partial charge is 0.504 e. The van der Waals surface area contributed by atoms with Gasteiger partial charge in [0.05, 0.1) is 13.3 Å². The molecular weight excluding hydrogens is 356 g/mol. The van der Waals surface area contributed by atoms with E-state index in [2.05, 4.69) is 10.5 Å². The molecule has 0 aliphatic heterocycles. The predicted molar refractivity (Wildman–Crippen MR) is 98.9 cm³/mol. The molecule has 1 amide bonds. The highest BCUT2D eigenvalue weighted by atomic mass is 35.5. The van der Waals surface area contributed by atoms with Gasteiger partial charge >= 0.3 is 0 Å². The monoisotopic (exact) mass is 370 g/mol. The van der Waals surface area contributed by atoms with Gasteiger partial charge in [0.15, 0.2) is 11.5 Å². The van der Waals surface area contributed by atoms with Crippen LogP contribution in [0.25, 0.3) is 11.3 Å². The molecule has 1 heterocycles. The molecule has 0 saturated carbocycles. The standard InChI is InChI=1S/C19H15ClN2O4/c1-25-18-10-13(5-7-16(18)23)19(24)22-21-11-15-6-8-17(26-15)12-3-2-4-14(20)9-12/h2-11,23H,1H3,(H,22,24). The first-order chi connectivity index (χ1) is 12.6. The van der Waals surface area contributed by atoms with Gasteiger partial charge in [-0.1, -0.05) is 23.7 Å². The molecule has 1 aromatic heterocycles. The number of phenols is 1. The second-order valence-corrected chi connectivity index (χ2v) is 5.73. The van der Waals surface area contributed by atoms with E-state index in [9.17, 15) is 9.90 Å². The Kier molecular flexibility index (Phi) is 5.24. The number of methoxy groups -OCH3 is 1. The van der Waals surface area contributed by atoms with E-state index < -0.39 is 5.91 Å². The molecule has 6 nitrogen and oxygen atoms in total. The number of hydrogen-bond acceptors (Lipinski definition) is 5. The first-order valence-corrected chi connectivity index (χ1v) is 8.01. The van der Waals surface area contributed by atoms with Crippen molar-refractivity contribution in [3.05, 3.63) is 70.9 Å². The molecule has 0 saturated heterocycles. The Balaban J connectivity index is 1.66. The number of hydrogen-bond donors (Lipinski definition) is 2. The third-order valence-corrected chi connectivity index (χ3v) is 3.77. The second kappa shape index (κ2) is 7.76. The van der Waals surface area contributed by atoms with Gasteiger partial charge in [0.25, 0.3) is 5.91 Å². The summed E-state index contributed by atoms with van der Waals surface area (Å²) in [6, 6.07) is 15.1. The van der Waals surface area contributed by atoms with E-state index in [0.29, 0.717) is 22.1 Å². The molecule has 2 N–H and O–H groups in total. The zero-order chi connectivity index (χ0) is 18.5. The highest BCUT2D eigenvalue weighted by molar-refractivity contribution is 6.30. The first kappa shape index (κ1) is 17.6. The summed E-state index contributed by atoms with van der Waals surface area (Å²) < 4.78 is 10.6. The minimum Gasteiger partial charge on any atom is -0.504 e. The Hall–Kier alpha value is -3.25. The number of halogens is 1. The number of ether oxygens (including phenoxy) is 1. The lowest BCUT2D eigenvalue weighted by atomic mass is 10.2. The van der Waals surface area contributed by atoms with Gasteiger partial charge in [-0.05, 0) is 42.5 Å². The maximum absolute atomic E-state index is 12.1. The van der Waals surface area contributed by atoms with Gasteiger partial charge in [-0.15, -0.1) is 0 Å². The average molecular weight is 371 g/mol. The van der Waals surface area contributed by atoms with Crippen LogP contribution < -0.4 is 10.2 Å². The van der Waals surface area contributed by atoms with Crippen molar-refractivity contribution >= 4 is 23.7 Å². The van der Waals surface area contributed by atoms with Crippen LogP contribution in [-0.2, 0) is 0 Å². The van der Waals surface area contributed by atoms with Crippen LogP contribution in [0.3, 0.4) is 0 Å². The maximum atomic E-state index is 12.1. The fraction of sp³-hybridized carbons (Fsp3) is 0.0526. The van der Waals surface area contributed by atoms with Crippen LogP contribution >= 0.6 is 11.6 Å². The minimum absolute atomic E-state index is 0.0447. The lowest BCUT2D eigenvalue weighted by Crippen LogP contribution is -2.17. The summed E-state index contributed by atoms with van der Waals surface area (Å²) in [5.74, 6) is 0.837. The molecule has 132 valence electrons. The molecule has 0 fully saturated rings. The van der Waals surface area contributed by atoms with Gasteiger partial charge in [-0.25, -0.2) is 5.43 Å². The zero-order valence-corrected chi connectivity index (χ0v) is 14.5. The quantitative estimate of drug-likeness (QED) is 0.523. The number of rotatable bonds is 5. The average Bonchev–Trinajstić information content (AvgIpc) is 3.11. The number of carbonyl (C=O) groups excluding carboxylic acids is 1. The molecule has 0 atom stereocenters. The highest BCUT2D eigenvalue weighted by Crippen LogP contribution is 2.26.